The zero-order valence-corrected chi connectivity index (χ0v) is 9.92. The lowest BCUT2D eigenvalue weighted by Crippen LogP contribution is -2.57. The Bertz CT molecular complexity index is 266. The Morgan fingerprint density at radius 2 is 1.67 bits per heavy atom. The molecular weight excluding hydrogens is 196 g/mol. The summed E-state index contributed by atoms with van der Waals surface area (Å²) in [6.45, 7) is 8.27. The number of carbonyl (C=O) groups is 2. The normalized spacial score (nSPS) is 14.5. The van der Waals surface area contributed by atoms with E-state index in [4.69, 9.17) is 10.8 Å². The minimum absolute atomic E-state index is 0.357. The fourth-order valence-corrected chi connectivity index (χ4v) is 0.731. The van der Waals surface area contributed by atoms with Gasteiger partial charge >= 0.3 is 5.97 Å². The van der Waals surface area contributed by atoms with Gasteiger partial charge in [0, 0.05) is 5.54 Å². The molecule has 0 aromatic rings. The van der Waals surface area contributed by atoms with Gasteiger partial charge < -0.3 is 16.2 Å². The van der Waals surface area contributed by atoms with E-state index in [1.807, 2.05) is 0 Å². The Labute approximate surface area is 90.0 Å². The fourth-order valence-electron chi connectivity index (χ4n) is 0.731. The minimum atomic E-state index is -1.06. The molecule has 0 saturated carbocycles. The molecule has 0 heterocycles. The minimum Gasteiger partial charge on any atom is -0.480 e. The number of hydrogen-bond donors (Lipinski definition) is 3. The highest BCUT2D eigenvalue weighted by atomic mass is 16.4. The van der Waals surface area contributed by atoms with Crippen molar-refractivity contribution >= 4 is 11.9 Å². The van der Waals surface area contributed by atoms with Crippen LogP contribution in [0.25, 0.3) is 0 Å². The lowest BCUT2D eigenvalue weighted by Gasteiger charge is -2.37. The van der Waals surface area contributed by atoms with Gasteiger partial charge in [-0.25, -0.2) is 0 Å². The van der Waals surface area contributed by atoms with Gasteiger partial charge in [0.05, 0.1) is 5.41 Å². The molecular formula is C10H20N2O3. The van der Waals surface area contributed by atoms with Crippen LogP contribution in [0.5, 0.6) is 0 Å². The summed E-state index contributed by atoms with van der Waals surface area (Å²) in [5.74, 6) is -1.42. The van der Waals surface area contributed by atoms with Gasteiger partial charge in [0.25, 0.3) is 0 Å². The Morgan fingerprint density at radius 1 is 1.27 bits per heavy atom. The molecule has 0 bridgehead atoms. The van der Waals surface area contributed by atoms with Crippen LogP contribution in [0.4, 0.5) is 0 Å². The van der Waals surface area contributed by atoms with Crippen molar-refractivity contribution in [2.24, 2.45) is 11.1 Å². The molecule has 0 aliphatic rings. The lowest BCUT2D eigenvalue weighted by atomic mass is 9.74. The standard InChI is InChI=1S/C10H20N2O3/c1-6(7(13)14)12-8(15)9(2,3)10(4,5)11/h6H,11H2,1-5H3,(H,12,15)(H,13,14)/t6-/m1/s1. The van der Waals surface area contributed by atoms with Crippen molar-refractivity contribution in [1.29, 1.82) is 0 Å². The molecule has 0 spiro atoms. The van der Waals surface area contributed by atoms with Crippen LogP contribution in [0, 0.1) is 5.41 Å². The summed E-state index contributed by atoms with van der Waals surface area (Å²) < 4.78 is 0. The molecule has 5 nitrogen and oxygen atoms in total. The summed E-state index contributed by atoms with van der Waals surface area (Å²) in [6, 6.07) is -0.904. The number of carbonyl (C=O) groups excluding carboxylic acids is 1. The average molecular weight is 216 g/mol. The first-order chi connectivity index (χ1) is 6.50. The predicted molar refractivity (Wildman–Crippen MR) is 57.3 cm³/mol. The van der Waals surface area contributed by atoms with Gasteiger partial charge in [0.15, 0.2) is 0 Å². The van der Waals surface area contributed by atoms with Gasteiger partial charge in [-0.2, -0.15) is 0 Å². The lowest BCUT2D eigenvalue weighted by molar-refractivity contribution is -0.143. The summed E-state index contributed by atoms with van der Waals surface area (Å²) in [4.78, 5) is 22.3. The van der Waals surface area contributed by atoms with Crippen LogP contribution in [0.1, 0.15) is 34.6 Å². The highest BCUT2D eigenvalue weighted by molar-refractivity contribution is 5.87. The van der Waals surface area contributed by atoms with Crippen LogP contribution < -0.4 is 11.1 Å². The average Bonchev–Trinajstić information content (AvgIpc) is 2.01. The number of hydrogen-bond acceptors (Lipinski definition) is 3. The maximum atomic E-state index is 11.8. The number of rotatable bonds is 4. The van der Waals surface area contributed by atoms with E-state index >= 15 is 0 Å². The second-order valence-corrected chi connectivity index (χ2v) is 4.88. The smallest absolute Gasteiger partial charge is 0.325 e. The van der Waals surface area contributed by atoms with Crippen LogP contribution in [0.3, 0.4) is 0 Å². The highest BCUT2D eigenvalue weighted by Crippen LogP contribution is 2.28. The van der Waals surface area contributed by atoms with Crippen LogP contribution in [-0.2, 0) is 9.59 Å². The zero-order valence-electron chi connectivity index (χ0n) is 9.92. The maximum Gasteiger partial charge on any atom is 0.325 e. The molecule has 0 unspecified atom stereocenters. The van der Waals surface area contributed by atoms with Gasteiger partial charge in [-0.05, 0) is 34.6 Å². The molecule has 0 aromatic heterocycles. The first-order valence-electron chi connectivity index (χ1n) is 4.83. The summed E-state index contributed by atoms with van der Waals surface area (Å²) >= 11 is 0. The Hall–Kier alpha value is -1.10. The van der Waals surface area contributed by atoms with Crippen molar-refractivity contribution in [1.82, 2.24) is 5.32 Å². The maximum absolute atomic E-state index is 11.8. The van der Waals surface area contributed by atoms with Crippen LogP contribution in [0.15, 0.2) is 0 Å². The van der Waals surface area contributed by atoms with Gasteiger partial charge in [0.1, 0.15) is 6.04 Å². The molecule has 0 aliphatic heterocycles. The van der Waals surface area contributed by atoms with E-state index < -0.39 is 23.0 Å². The van der Waals surface area contributed by atoms with Crippen molar-refractivity contribution in [3.05, 3.63) is 0 Å². The van der Waals surface area contributed by atoms with E-state index in [2.05, 4.69) is 5.32 Å². The molecule has 4 N–H and O–H groups in total. The topological polar surface area (TPSA) is 92.4 Å². The quantitative estimate of drug-likeness (QED) is 0.631. The zero-order chi connectivity index (χ0) is 12.4. The first-order valence-corrected chi connectivity index (χ1v) is 4.83. The van der Waals surface area contributed by atoms with E-state index in [0.717, 1.165) is 0 Å². The summed E-state index contributed by atoms with van der Waals surface area (Å²) in [5, 5.41) is 11.1. The van der Waals surface area contributed by atoms with Crippen molar-refractivity contribution < 1.29 is 14.7 Å². The van der Waals surface area contributed by atoms with Gasteiger partial charge in [-0.3, -0.25) is 9.59 Å². The Balaban J connectivity index is 4.66. The molecule has 5 heteroatoms. The van der Waals surface area contributed by atoms with Gasteiger partial charge in [-0.1, -0.05) is 0 Å². The largest absolute Gasteiger partial charge is 0.480 e. The molecule has 0 radical (unpaired) electrons. The number of nitrogens with two attached hydrogens (primary N) is 1. The summed E-state index contributed by atoms with van der Waals surface area (Å²) in [5.41, 5.74) is 4.32. The van der Waals surface area contributed by atoms with Gasteiger partial charge in [0.2, 0.25) is 5.91 Å². The van der Waals surface area contributed by atoms with Crippen molar-refractivity contribution in [2.45, 2.75) is 46.2 Å². The summed E-state index contributed by atoms with van der Waals surface area (Å²) in [7, 11) is 0. The molecule has 0 rings (SSSR count). The van der Waals surface area contributed by atoms with Gasteiger partial charge in [-0.15, -0.1) is 0 Å². The van der Waals surface area contributed by atoms with E-state index in [1.54, 1.807) is 27.7 Å². The highest BCUT2D eigenvalue weighted by Gasteiger charge is 2.41. The third-order valence-electron chi connectivity index (χ3n) is 2.90. The van der Waals surface area contributed by atoms with Crippen LogP contribution >= 0.6 is 0 Å². The third kappa shape index (κ3) is 3.20. The van der Waals surface area contributed by atoms with Crippen molar-refractivity contribution in [3.63, 3.8) is 0 Å². The van der Waals surface area contributed by atoms with E-state index in [0.29, 0.717) is 0 Å². The second kappa shape index (κ2) is 4.18. The molecule has 88 valence electrons. The summed E-state index contributed by atoms with van der Waals surface area (Å²) in [6.07, 6.45) is 0. The molecule has 0 saturated heterocycles. The number of aliphatic carboxylic acids is 1. The monoisotopic (exact) mass is 216 g/mol. The van der Waals surface area contributed by atoms with E-state index in [-0.39, 0.29) is 5.91 Å². The van der Waals surface area contributed by atoms with E-state index in [9.17, 15) is 9.59 Å². The number of carboxylic acids is 1. The molecule has 0 aliphatic carbocycles. The van der Waals surface area contributed by atoms with Crippen LogP contribution in [0.2, 0.25) is 0 Å². The Morgan fingerprint density at radius 3 is 1.93 bits per heavy atom. The third-order valence-corrected chi connectivity index (χ3v) is 2.90. The van der Waals surface area contributed by atoms with Crippen LogP contribution in [-0.4, -0.2) is 28.6 Å². The van der Waals surface area contributed by atoms with E-state index in [1.165, 1.54) is 6.92 Å². The predicted octanol–water partition coefficient (Wildman–Crippen LogP) is 0.339. The molecule has 15 heavy (non-hydrogen) atoms. The SMILES string of the molecule is C[C@@H](NC(=O)C(C)(C)C(C)(C)N)C(=O)O. The molecule has 1 atom stereocenters. The number of nitrogens with one attached hydrogen (secondary N) is 1. The number of carboxylic acid groups (broad SMARTS) is 1. The molecule has 0 fully saturated rings. The number of amides is 1. The second-order valence-electron chi connectivity index (χ2n) is 4.88. The molecule has 0 aromatic carbocycles. The molecule has 1 amide bonds. The van der Waals surface area contributed by atoms with Crippen molar-refractivity contribution in [2.75, 3.05) is 0 Å². The first kappa shape index (κ1) is 13.9. The fraction of sp³-hybridized carbons (Fsp3) is 0.800. The Kier molecular flexibility index (Phi) is 3.88. The van der Waals surface area contributed by atoms with Crippen molar-refractivity contribution in [3.8, 4) is 0 Å².